The van der Waals surface area contributed by atoms with Crippen LogP contribution in [0.25, 0.3) is 0 Å². The molecule has 0 rings (SSSR count). The van der Waals surface area contributed by atoms with Crippen LogP contribution in [0.1, 0.15) is 32.6 Å². The molecule has 12 heavy (non-hydrogen) atoms. The predicted molar refractivity (Wildman–Crippen MR) is 48.8 cm³/mol. The van der Waals surface area contributed by atoms with Gasteiger partial charge in [0.15, 0.2) is 0 Å². The van der Waals surface area contributed by atoms with Gasteiger partial charge in [-0.3, -0.25) is 4.55 Å². The van der Waals surface area contributed by atoms with Crippen LogP contribution in [0.3, 0.4) is 0 Å². The van der Waals surface area contributed by atoms with Crippen molar-refractivity contribution in [3.63, 3.8) is 0 Å². The molecule has 0 heterocycles. The van der Waals surface area contributed by atoms with E-state index in [0.29, 0.717) is 6.42 Å². The van der Waals surface area contributed by atoms with Crippen molar-refractivity contribution in [1.29, 1.82) is 0 Å². The van der Waals surface area contributed by atoms with Crippen LogP contribution in [-0.2, 0) is 14.6 Å². The van der Waals surface area contributed by atoms with Crippen LogP contribution in [0.2, 0.25) is 0 Å². The van der Waals surface area contributed by atoms with E-state index in [-0.39, 0.29) is 36.2 Å². The topological polar surface area (TPSA) is 63.6 Å². The molecular formula is C6H15NaO4S. The van der Waals surface area contributed by atoms with E-state index in [4.69, 9.17) is 4.55 Å². The summed E-state index contributed by atoms with van der Waals surface area (Å²) in [6.07, 6.45) is 3.76. The van der Waals surface area contributed by atoms with Gasteiger partial charge >= 0.3 is 40.0 Å². The molecule has 0 aromatic carbocycles. The van der Waals surface area contributed by atoms with Crippen molar-refractivity contribution < 1.29 is 17.2 Å². The van der Waals surface area contributed by atoms with Crippen molar-refractivity contribution in [3.8, 4) is 0 Å². The van der Waals surface area contributed by atoms with Crippen LogP contribution >= 0.6 is 0 Å². The van der Waals surface area contributed by atoms with Gasteiger partial charge in [0, 0.05) is 0 Å². The fourth-order valence-electron chi connectivity index (χ4n) is 0.693. The van der Waals surface area contributed by atoms with Crippen LogP contribution in [0.5, 0.6) is 0 Å². The van der Waals surface area contributed by atoms with E-state index in [1.165, 1.54) is 0 Å². The number of rotatable bonds is 6. The van der Waals surface area contributed by atoms with E-state index in [1.54, 1.807) is 0 Å². The molecule has 0 aliphatic carbocycles. The molecule has 0 aliphatic rings. The Bertz CT molecular complexity index is 178. The van der Waals surface area contributed by atoms with Gasteiger partial charge < -0.3 is 0 Å². The van der Waals surface area contributed by atoms with Crippen molar-refractivity contribution >= 4 is 40.0 Å². The SMILES string of the molecule is CCCCCCOS(=O)(=O)O.[NaH]. The Morgan fingerprint density at radius 1 is 1.25 bits per heavy atom. The fraction of sp³-hybridized carbons (Fsp3) is 1.00. The summed E-state index contributed by atoms with van der Waals surface area (Å²) >= 11 is 0. The fourth-order valence-corrected chi connectivity index (χ4v) is 1.02. The second-order valence-corrected chi connectivity index (χ2v) is 3.40. The van der Waals surface area contributed by atoms with Crippen LogP contribution in [0.4, 0.5) is 0 Å². The molecule has 0 bridgehead atoms. The van der Waals surface area contributed by atoms with Crippen molar-refractivity contribution in [2.24, 2.45) is 0 Å². The van der Waals surface area contributed by atoms with Gasteiger partial charge in [0.25, 0.3) is 0 Å². The van der Waals surface area contributed by atoms with E-state index in [9.17, 15) is 8.42 Å². The normalized spacial score (nSPS) is 10.8. The van der Waals surface area contributed by atoms with E-state index in [0.717, 1.165) is 19.3 Å². The molecule has 0 unspecified atom stereocenters. The molecule has 0 aromatic rings. The molecule has 0 saturated carbocycles. The standard InChI is InChI=1S/C6H14O4S.Na.H/c1-2-3-4-5-6-10-11(7,8)9;;/h2-6H2,1H3,(H,7,8,9);;. The maximum atomic E-state index is 10.00. The number of hydrogen-bond donors (Lipinski definition) is 1. The summed E-state index contributed by atoms with van der Waals surface area (Å²) in [7, 11) is -4.21. The van der Waals surface area contributed by atoms with Crippen molar-refractivity contribution in [3.05, 3.63) is 0 Å². The van der Waals surface area contributed by atoms with Gasteiger partial charge in [-0.15, -0.1) is 0 Å². The van der Waals surface area contributed by atoms with Gasteiger partial charge in [-0.2, -0.15) is 8.42 Å². The number of hydrogen-bond acceptors (Lipinski definition) is 3. The van der Waals surface area contributed by atoms with E-state index >= 15 is 0 Å². The van der Waals surface area contributed by atoms with Gasteiger partial charge in [0.05, 0.1) is 6.61 Å². The first-order chi connectivity index (χ1) is 5.06. The summed E-state index contributed by atoms with van der Waals surface area (Å²) in [5.41, 5.74) is 0. The third-order valence-corrected chi connectivity index (χ3v) is 1.69. The van der Waals surface area contributed by atoms with E-state index in [2.05, 4.69) is 11.1 Å². The monoisotopic (exact) mass is 206 g/mol. The van der Waals surface area contributed by atoms with Gasteiger partial charge in [0.1, 0.15) is 0 Å². The predicted octanol–water partition coefficient (Wildman–Crippen LogP) is 0.738. The van der Waals surface area contributed by atoms with E-state index < -0.39 is 10.4 Å². The maximum absolute atomic E-state index is 10.00. The zero-order valence-electron chi connectivity index (χ0n) is 6.62. The Morgan fingerprint density at radius 3 is 2.25 bits per heavy atom. The molecule has 0 aliphatic heterocycles. The summed E-state index contributed by atoms with van der Waals surface area (Å²) in [4.78, 5) is 0. The Hall–Kier alpha value is 0.870. The minimum absolute atomic E-state index is 0. The quantitative estimate of drug-likeness (QED) is 0.395. The summed E-state index contributed by atoms with van der Waals surface area (Å²) < 4.78 is 32.2. The van der Waals surface area contributed by atoms with Crippen LogP contribution in [0.15, 0.2) is 0 Å². The Labute approximate surface area is 95.9 Å². The molecule has 1 N–H and O–H groups in total. The van der Waals surface area contributed by atoms with E-state index in [1.807, 2.05) is 0 Å². The molecule has 70 valence electrons. The second-order valence-electron chi connectivity index (χ2n) is 2.31. The Morgan fingerprint density at radius 2 is 1.83 bits per heavy atom. The molecule has 0 saturated heterocycles. The first-order valence-corrected chi connectivity index (χ1v) is 5.04. The van der Waals surface area contributed by atoms with Crippen LogP contribution in [-0.4, -0.2) is 49.1 Å². The first-order valence-electron chi connectivity index (χ1n) is 3.68. The summed E-state index contributed by atoms with van der Waals surface area (Å²) in [6, 6.07) is 0. The van der Waals surface area contributed by atoms with Gasteiger partial charge in [0.2, 0.25) is 0 Å². The molecule has 0 amide bonds. The van der Waals surface area contributed by atoms with Gasteiger partial charge in [-0.1, -0.05) is 26.2 Å². The average Bonchev–Trinajstić information content (AvgIpc) is 1.85. The number of unbranched alkanes of at least 4 members (excludes halogenated alkanes) is 3. The zero-order chi connectivity index (χ0) is 8.74. The molecule has 0 radical (unpaired) electrons. The van der Waals surface area contributed by atoms with Crippen molar-refractivity contribution in [2.75, 3.05) is 6.61 Å². The third kappa shape index (κ3) is 13.5. The van der Waals surface area contributed by atoms with Crippen LogP contribution < -0.4 is 0 Å². The molecule has 0 fully saturated rings. The second kappa shape index (κ2) is 8.47. The zero-order valence-corrected chi connectivity index (χ0v) is 7.43. The summed E-state index contributed by atoms with van der Waals surface area (Å²) in [5, 5.41) is 0. The Balaban J connectivity index is 0. The molecule has 0 aromatic heterocycles. The minimum atomic E-state index is -4.21. The average molecular weight is 206 g/mol. The first kappa shape index (κ1) is 15.3. The third-order valence-electron chi connectivity index (χ3n) is 1.23. The summed E-state index contributed by atoms with van der Waals surface area (Å²) in [5.74, 6) is 0. The molecule has 0 atom stereocenters. The molecule has 0 spiro atoms. The van der Waals surface area contributed by atoms with Crippen LogP contribution in [0, 0.1) is 0 Å². The summed E-state index contributed by atoms with van der Waals surface area (Å²) in [6.45, 7) is 2.14. The van der Waals surface area contributed by atoms with Gasteiger partial charge in [-0.05, 0) is 6.42 Å². The Kier molecular flexibility index (Phi) is 10.8. The molecule has 6 heteroatoms. The van der Waals surface area contributed by atoms with Gasteiger partial charge in [-0.25, -0.2) is 4.18 Å². The van der Waals surface area contributed by atoms with Crippen molar-refractivity contribution in [1.82, 2.24) is 0 Å². The van der Waals surface area contributed by atoms with Crippen molar-refractivity contribution in [2.45, 2.75) is 32.6 Å². The molecule has 4 nitrogen and oxygen atoms in total. The molecular weight excluding hydrogens is 191 g/mol.